The maximum absolute atomic E-state index is 2.67. The summed E-state index contributed by atoms with van der Waals surface area (Å²) in [7, 11) is 0. The van der Waals surface area contributed by atoms with Gasteiger partial charge in [0.05, 0.1) is 0 Å². The molecule has 3 rings (SSSR count). The Labute approximate surface area is 156 Å². The topological polar surface area (TPSA) is 3.24 Å². The normalized spacial score (nSPS) is 38.2. The standard InChI is InChI=1S/C24H41N/c1-7-25(8-2)17-23(5)14-9-15-24(6)21-12-10-19(18(3)4)16-20(21)11-13-22(23)24/h11,16,18,21-22H,7-10,12-15,17H2,1-6H3/t21-,22?,23-,24-/m1/s1. The third kappa shape index (κ3) is 3.38. The molecule has 3 aliphatic carbocycles. The molecule has 0 aromatic carbocycles. The number of nitrogens with zero attached hydrogens (tertiary/aromatic N) is 1. The van der Waals surface area contributed by atoms with Crippen LogP contribution in [0.4, 0.5) is 0 Å². The van der Waals surface area contributed by atoms with Gasteiger partial charge in [-0.05, 0) is 79.4 Å². The first kappa shape index (κ1) is 19.2. The average molecular weight is 344 g/mol. The summed E-state index contributed by atoms with van der Waals surface area (Å²) in [6.07, 6.45) is 13.6. The van der Waals surface area contributed by atoms with Crippen molar-refractivity contribution in [2.75, 3.05) is 19.6 Å². The molecule has 4 atom stereocenters. The van der Waals surface area contributed by atoms with E-state index in [2.05, 4.69) is 58.6 Å². The average Bonchev–Trinajstić information content (AvgIpc) is 2.59. The van der Waals surface area contributed by atoms with Gasteiger partial charge in [0.2, 0.25) is 0 Å². The van der Waals surface area contributed by atoms with Crippen molar-refractivity contribution in [1.82, 2.24) is 4.90 Å². The Bertz CT molecular complexity index is 538. The van der Waals surface area contributed by atoms with E-state index < -0.39 is 0 Å². The van der Waals surface area contributed by atoms with E-state index in [1.807, 2.05) is 0 Å². The van der Waals surface area contributed by atoms with Crippen LogP contribution in [0.2, 0.25) is 0 Å². The first-order valence-corrected chi connectivity index (χ1v) is 11.0. The minimum absolute atomic E-state index is 0.489. The van der Waals surface area contributed by atoms with Crippen LogP contribution in [-0.4, -0.2) is 24.5 Å². The molecule has 142 valence electrons. The largest absolute Gasteiger partial charge is 0.303 e. The number of allylic oxidation sites excluding steroid dienone is 4. The van der Waals surface area contributed by atoms with Crippen LogP contribution in [0.3, 0.4) is 0 Å². The second kappa shape index (κ2) is 7.22. The van der Waals surface area contributed by atoms with E-state index in [9.17, 15) is 0 Å². The van der Waals surface area contributed by atoms with E-state index in [4.69, 9.17) is 0 Å². The number of hydrogen-bond donors (Lipinski definition) is 0. The smallest absolute Gasteiger partial charge is 0.00381 e. The molecule has 0 aromatic rings. The summed E-state index contributed by atoms with van der Waals surface area (Å²) < 4.78 is 0. The highest BCUT2D eigenvalue weighted by atomic mass is 15.1. The van der Waals surface area contributed by atoms with E-state index in [0.717, 1.165) is 11.8 Å². The van der Waals surface area contributed by atoms with E-state index >= 15 is 0 Å². The Hall–Kier alpha value is -0.560. The Balaban J connectivity index is 1.90. The molecule has 0 spiro atoms. The summed E-state index contributed by atoms with van der Waals surface area (Å²) >= 11 is 0. The highest BCUT2D eigenvalue weighted by Crippen LogP contribution is 2.62. The van der Waals surface area contributed by atoms with Crippen molar-refractivity contribution < 1.29 is 0 Å². The fraction of sp³-hybridized carbons (Fsp3) is 0.833. The highest BCUT2D eigenvalue weighted by Gasteiger charge is 2.54. The van der Waals surface area contributed by atoms with Crippen molar-refractivity contribution in [2.45, 2.75) is 80.1 Å². The van der Waals surface area contributed by atoms with Crippen molar-refractivity contribution in [2.24, 2.45) is 28.6 Å². The quantitative estimate of drug-likeness (QED) is 0.553. The zero-order chi connectivity index (χ0) is 18.2. The first-order valence-electron chi connectivity index (χ1n) is 11.0. The molecule has 0 N–H and O–H groups in total. The van der Waals surface area contributed by atoms with Crippen LogP contribution in [-0.2, 0) is 0 Å². The molecule has 3 aliphatic rings. The second-order valence-corrected chi connectivity index (χ2v) is 9.93. The van der Waals surface area contributed by atoms with Gasteiger partial charge in [-0.3, -0.25) is 0 Å². The van der Waals surface area contributed by atoms with E-state index in [1.54, 1.807) is 11.1 Å². The maximum atomic E-state index is 2.67. The van der Waals surface area contributed by atoms with Crippen LogP contribution >= 0.6 is 0 Å². The summed E-state index contributed by atoms with van der Waals surface area (Å²) in [6.45, 7) is 18.3. The predicted molar refractivity (Wildman–Crippen MR) is 110 cm³/mol. The van der Waals surface area contributed by atoms with Gasteiger partial charge in [-0.2, -0.15) is 0 Å². The van der Waals surface area contributed by atoms with Gasteiger partial charge in [0.25, 0.3) is 0 Å². The van der Waals surface area contributed by atoms with Crippen molar-refractivity contribution in [3.05, 3.63) is 23.3 Å². The van der Waals surface area contributed by atoms with Crippen molar-refractivity contribution in [3.8, 4) is 0 Å². The molecule has 0 radical (unpaired) electrons. The number of fused-ring (bicyclic) bond motifs is 3. The molecule has 0 aliphatic heterocycles. The monoisotopic (exact) mass is 343 g/mol. The van der Waals surface area contributed by atoms with Gasteiger partial charge in [-0.25, -0.2) is 0 Å². The Kier molecular flexibility index (Phi) is 5.55. The van der Waals surface area contributed by atoms with Crippen LogP contribution in [0, 0.1) is 28.6 Å². The molecule has 1 unspecified atom stereocenters. The summed E-state index contributed by atoms with van der Waals surface area (Å²) in [5.74, 6) is 2.38. The maximum Gasteiger partial charge on any atom is 0.00381 e. The van der Waals surface area contributed by atoms with Gasteiger partial charge < -0.3 is 4.90 Å². The Morgan fingerprint density at radius 3 is 2.52 bits per heavy atom. The number of rotatable bonds is 5. The molecule has 1 heteroatoms. The Morgan fingerprint density at radius 2 is 1.88 bits per heavy atom. The summed E-state index contributed by atoms with van der Waals surface area (Å²) in [5, 5.41) is 0. The molecule has 1 fully saturated rings. The molecular weight excluding hydrogens is 302 g/mol. The van der Waals surface area contributed by atoms with Crippen molar-refractivity contribution in [1.29, 1.82) is 0 Å². The van der Waals surface area contributed by atoms with Crippen LogP contribution in [0.5, 0.6) is 0 Å². The zero-order valence-electron chi connectivity index (χ0n) is 17.7. The second-order valence-electron chi connectivity index (χ2n) is 9.93. The summed E-state index contributed by atoms with van der Waals surface area (Å²) in [5.41, 5.74) is 4.39. The van der Waals surface area contributed by atoms with E-state index in [-0.39, 0.29) is 0 Å². The minimum atomic E-state index is 0.489. The molecule has 0 amide bonds. The Morgan fingerprint density at radius 1 is 1.16 bits per heavy atom. The SMILES string of the molecule is CCN(CC)C[C@@]1(C)CCC[C@@]2(C)C1CC=C1C=C(C(C)C)CC[C@H]12. The van der Waals surface area contributed by atoms with Crippen LogP contribution in [0.1, 0.15) is 80.1 Å². The molecule has 0 aromatic heterocycles. The van der Waals surface area contributed by atoms with Crippen molar-refractivity contribution >= 4 is 0 Å². The van der Waals surface area contributed by atoms with Gasteiger partial charge in [-0.15, -0.1) is 0 Å². The van der Waals surface area contributed by atoms with Gasteiger partial charge >= 0.3 is 0 Å². The van der Waals surface area contributed by atoms with Crippen LogP contribution < -0.4 is 0 Å². The van der Waals surface area contributed by atoms with Crippen LogP contribution in [0.25, 0.3) is 0 Å². The van der Waals surface area contributed by atoms with Gasteiger partial charge in [-0.1, -0.05) is 65.7 Å². The molecule has 0 saturated heterocycles. The molecule has 1 nitrogen and oxygen atoms in total. The van der Waals surface area contributed by atoms with Crippen molar-refractivity contribution in [3.63, 3.8) is 0 Å². The predicted octanol–water partition coefficient (Wildman–Crippen LogP) is 6.46. The lowest BCUT2D eigenvalue weighted by Crippen LogP contribution is -2.53. The van der Waals surface area contributed by atoms with E-state index in [1.165, 1.54) is 58.2 Å². The van der Waals surface area contributed by atoms with Gasteiger partial charge in [0.15, 0.2) is 0 Å². The zero-order valence-corrected chi connectivity index (χ0v) is 17.7. The lowest BCUT2D eigenvalue weighted by molar-refractivity contribution is -0.0628. The lowest BCUT2D eigenvalue weighted by atomic mass is 9.47. The number of hydrogen-bond acceptors (Lipinski definition) is 1. The molecule has 25 heavy (non-hydrogen) atoms. The molecule has 0 heterocycles. The molecule has 0 bridgehead atoms. The minimum Gasteiger partial charge on any atom is -0.303 e. The van der Waals surface area contributed by atoms with Gasteiger partial charge in [0.1, 0.15) is 0 Å². The van der Waals surface area contributed by atoms with Gasteiger partial charge in [0, 0.05) is 6.54 Å². The third-order valence-electron chi connectivity index (χ3n) is 8.18. The van der Waals surface area contributed by atoms with Crippen LogP contribution in [0.15, 0.2) is 23.3 Å². The lowest BCUT2D eigenvalue weighted by Gasteiger charge is -2.59. The van der Waals surface area contributed by atoms with E-state index in [0.29, 0.717) is 16.7 Å². The summed E-state index contributed by atoms with van der Waals surface area (Å²) in [6, 6.07) is 0. The fourth-order valence-electron chi connectivity index (χ4n) is 6.62. The molecular formula is C24H41N. The fourth-order valence-corrected chi connectivity index (χ4v) is 6.62. The summed E-state index contributed by atoms with van der Waals surface area (Å²) in [4.78, 5) is 2.67. The first-order chi connectivity index (χ1) is 11.8. The molecule has 1 saturated carbocycles. The highest BCUT2D eigenvalue weighted by molar-refractivity contribution is 5.35. The third-order valence-corrected chi connectivity index (χ3v) is 8.18.